The summed E-state index contributed by atoms with van der Waals surface area (Å²) in [4.78, 5) is 12.9. The van der Waals surface area contributed by atoms with Gasteiger partial charge in [-0.25, -0.2) is 8.42 Å². The summed E-state index contributed by atoms with van der Waals surface area (Å²) in [6.07, 6.45) is 1.49. The summed E-state index contributed by atoms with van der Waals surface area (Å²) in [7, 11) is -2.87. The maximum absolute atomic E-state index is 11.2. The minimum absolute atomic E-state index is 0.158. The lowest BCUT2D eigenvalue weighted by Crippen LogP contribution is -2.43. The van der Waals surface area contributed by atoms with Crippen molar-refractivity contribution in [3.63, 3.8) is 0 Å². The second kappa shape index (κ2) is 5.63. The summed E-state index contributed by atoms with van der Waals surface area (Å²) in [6.45, 7) is 3.36. The fourth-order valence-corrected chi connectivity index (χ4v) is 3.16. The smallest absolute Gasteiger partial charge is 0.307 e. The van der Waals surface area contributed by atoms with E-state index < -0.39 is 15.8 Å². The predicted molar refractivity (Wildman–Crippen MR) is 61.1 cm³/mol. The largest absolute Gasteiger partial charge is 0.481 e. The number of hydrogen-bond acceptors (Lipinski definition) is 4. The van der Waals surface area contributed by atoms with E-state index in [0.717, 1.165) is 6.42 Å². The molecule has 0 aromatic rings. The van der Waals surface area contributed by atoms with Crippen LogP contribution in [0.25, 0.3) is 0 Å². The summed E-state index contributed by atoms with van der Waals surface area (Å²) in [5, 5.41) is 8.99. The van der Waals surface area contributed by atoms with Crippen LogP contribution in [-0.4, -0.2) is 55.5 Å². The van der Waals surface area contributed by atoms with E-state index in [-0.39, 0.29) is 17.4 Å². The van der Waals surface area contributed by atoms with Gasteiger partial charge in [0.25, 0.3) is 0 Å². The molecule has 1 fully saturated rings. The highest BCUT2D eigenvalue weighted by Crippen LogP contribution is 2.12. The summed E-state index contributed by atoms with van der Waals surface area (Å²) in [6, 6.07) is 0. The van der Waals surface area contributed by atoms with Crippen molar-refractivity contribution in [1.29, 1.82) is 0 Å². The van der Waals surface area contributed by atoms with Crippen molar-refractivity contribution in [3.8, 4) is 0 Å². The molecule has 0 aliphatic carbocycles. The molecule has 1 aliphatic rings. The first-order valence-electron chi connectivity index (χ1n) is 5.60. The van der Waals surface area contributed by atoms with Crippen molar-refractivity contribution in [3.05, 3.63) is 0 Å². The number of carboxylic acids is 1. The van der Waals surface area contributed by atoms with Gasteiger partial charge in [-0.3, -0.25) is 4.79 Å². The van der Waals surface area contributed by atoms with E-state index >= 15 is 0 Å². The number of aliphatic carboxylic acids is 1. The summed E-state index contributed by atoms with van der Waals surface area (Å²) in [5.41, 5.74) is 0. The van der Waals surface area contributed by atoms with Crippen LogP contribution < -0.4 is 0 Å². The zero-order valence-corrected chi connectivity index (χ0v) is 10.4. The molecule has 0 bridgehead atoms. The van der Waals surface area contributed by atoms with Crippen LogP contribution >= 0.6 is 0 Å². The second-order valence-electron chi connectivity index (χ2n) is 4.28. The Balaban J connectivity index is 2.45. The quantitative estimate of drug-likeness (QED) is 0.754. The molecule has 1 rings (SSSR count). The molecule has 6 heteroatoms. The molecule has 0 amide bonds. The Morgan fingerprint density at radius 2 is 1.94 bits per heavy atom. The van der Waals surface area contributed by atoms with Crippen molar-refractivity contribution in [1.82, 2.24) is 4.90 Å². The molecule has 1 heterocycles. The van der Waals surface area contributed by atoms with Crippen molar-refractivity contribution < 1.29 is 18.3 Å². The van der Waals surface area contributed by atoms with Crippen LogP contribution in [0.3, 0.4) is 0 Å². The van der Waals surface area contributed by atoms with Crippen molar-refractivity contribution in [2.75, 3.05) is 31.1 Å². The topological polar surface area (TPSA) is 74.7 Å². The summed E-state index contributed by atoms with van der Waals surface area (Å²) in [5.74, 6) is -0.835. The average molecular weight is 249 g/mol. The maximum atomic E-state index is 11.2. The van der Waals surface area contributed by atoms with Crippen LogP contribution in [0.2, 0.25) is 0 Å². The third-order valence-electron chi connectivity index (χ3n) is 2.90. The van der Waals surface area contributed by atoms with Crippen molar-refractivity contribution in [2.24, 2.45) is 5.92 Å². The van der Waals surface area contributed by atoms with E-state index in [4.69, 9.17) is 5.11 Å². The Labute approximate surface area is 96.4 Å². The zero-order chi connectivity index (χ0) is 12.2. The van der Waals surface area contributed by atoms with Gasteiger partial charge in [-0.2, -0.15) is 0 Å². The van der Waals surface area contributed by atoms with Crippen LogP contribution in [0, 0.1) is 5.92 Å². The third kappa shape index (κ3) is 4.09. The Morgan fingerprint density at radius 1 is 1.38 bits per heavy atom. The molecular formula is C10H19NO4S. The van der Waals surface area contributed by atoms with E-state index in [1.807, 2.05) is 11.8 Å². The molecule has 0 aromatic carbocycles. The maximum Gasteiger partial charge on any atom is 0.307 e. The van der Waals surface area contributed by atoms with E-state index in [1.54, 1.807) is 0 Å². The SMILES string of the molecule is CCCC(CN1CCS(=O)(=O)CC1)C(=O)O. The van der Waals surface area contributed by atoms with E-state index in [0.29, 0.717) is 26.1 Å². The van der Waals surface area contributed by atoms with Crippen LogP contribution in [0.5, 0.6) is 0 Å². The first kappa shape index (κ1) is 13.4. The zero-order valence-electron chi connectivity index (χ0n) is 9.55. The second-order valence-corrected chi connectivity index (χ2v) is 6.58. The standard InChI is InChI=1S/C10H19NO4S/c1-2-3-9(10(12)13)8-11-4-6-16(14,15)7-5-11/h9H,2-8H2,1H3,(H,12,13). The van der Waals surface area contributed by atoms with Gasteiger partial charge in [0.2, 0.25) is 0 Å². The highest BCUT2D eigenvalue weighted by Gasteiger charge is 2.25. The fraction of sp³-hybridized carbons (Fsp3) is 0.900. The highest BCUT2D eigenvalue weighted by molar-refractivity contribution is 7.91. The number of carboxylic acid groups (broad SMARTS) is 1. The Kier molecular flexibility index (Phi) is 4.73. The number of sulfone groups is 1. The van der Waals surface area contributed by atoms with Gasteiger partial charge in [-0.15, -0.1) is 0 Å². The molecule has 1 atom stereocenters. The Morgan fingerprint density at radius 3 is 2.38 bits per heavy atom. The van der Waals surface area contributed by atoms with Gasteiger partial charge in [0, 0.05) is 19.6 Å². The molecule has 0 saturated carbocycles. The molecule has 1 saturated heterocycles. The monoisotopic (exact) mass is 249 g/mol. The molecule has 1 unspecified atom stereocenters. The lowest BCUT2D eigenvalue weighted by atomic mass is 10.0. The van der Waals surface area contributed by atoms with Gasteiger partial charge in [0.1, 0.15) is 0 Å². The average Bonchev–Trinajstić information content (AvgIpc) is 2.20. The molecule has 0 spiro atoms. The van der Waals surface area contributed by atoms with Gasteiger partial charge >= 0.3 is 5.97 Å². The van der Waals surface area contributed by atoms with Crippen LogP contribution in [0.1, 0.15) is 19.8 Å². The molecule has 1 N–H and O–H groups in total. The highest BCUT2D eigenvalue weighted by atomic mass is 32.2. The van der Waals surface area contributed by atoms with Gasteiger partial charge in [0.05, 0.1) is 17.4 Å². The van der Waals surface area contributed by atoms with E-state index in [9.17, 15) is 13.2 Å². The normalized spacial score (nSPS) is 22.8. The molecule has 5 nitrogen and oxygen atoms in total. The van der Waals surface area contributed by atoms with Gasteiger partial charge in [0.15, 0.2) is 9.84 Å². The first-order valence-corrected chi connectivity index (χ1v) is 7.42. The lowest BCUT2D eigenvalue weighted by molar-refractivity contribution is -0.142. The fourth-order valence-electron chi connectivity index (χ4n) is 1.89. The number of hydrogen-bond donors (Lipinski definition) is 1. The summed E-state index contributed by atoms with van der Waals surface area (Å²) >= 11 is 0. The van der Waals surface area contributed by atoms with E-state index in [1.165, 1.54) is 0 Å². The molecule has 16 heavy (non-hydrogen) atoms. The van der Waals surface area contributed by atoms with Crippen molar-refractivity contribution >= 4 is 15.8 Å². The minimum Gasteiger partial charge on any atom is -0.481 e. The van der Waals surface area contributed by atoms with Gasteiger partial charge < -0.3 is 10.0 Å². The van der Waals surface area contributed by atoms with Crippen LogP contribution in [0.4, 0.5) is 0 Å². The van der Waals surface area contributed by atoms with Crippen LogP contribution in [0.15, 0.2) is 0 Å². The van der Waals surface area contributed by atoms with Gasteiger partial charge in [-0.05, 0) is 6.42 Å². The third-order valence-corrected chi connectivity index (χ3v) is 4.51. The number of carbonyl (C=O) groups is 1. The van der Waals surface area contributed by atoms with E-state index in [2.05, 4.69) is 0 Å². The molecule has 94 valence electrons. The number of rotatable bonds is 5. The molecule has 0 aromatic heterocycles. The first-order chi connectivity index (χ1) is 7.44. The lowest BCUT2D eigenvalue weighted by Gasteiger charge is -2.28. The molecular weight excluding hydrogens is 230 g/mol. The minimum atomic E-state index is -2.87. The Bertz CT molecular complexity index is 325. The summed E-state index contributed by atoms with van der Waals surface area (Å²) < 4.78 is 22.4. The predicted octanol–water partition coefficient (Wildman–Crippen LogP) is 0.218. The molecule has 1 aliphatic heterocycles. The Hall–Kier alpha value is -0.620. The molecule has 0 radical (unpaired) electrons. The number of nitrogens with zero attached hydrogens (tertiary/aromatic N) is 1. The van der Waals surface area contributed by atoms with Crippen molar-refractivity contribution in [2.45, 2.75) is 19.8 Å². The van der Waals surface area contributed by atoms with Crippen LogP contribution in [-0.2, 0) is 14.6 Å². The van der Waals surface area contributed by atoms with Gasteiger partial charge in [-0.1, -0.05) is 13.3 Å².